The molecular weight excluding hydrogens is 242 g/mol. The van der Waals surface area contributed by atoms with Gasteiger partial charge in [-0.05, 0) is 29.7 Å². The predicted molar refractivity (Wildman–Crippen MR) is 70.7 cm³/mol. The van der Waals surface area contributed by atoms with E-state index < -0.39 is 0 Å². The van der Waals surface area contributed by atoms with Crippen LogP contribution in [0.4, 0.5) is 0 Å². The fourth-order valence-electron chi connectivity index (χ4n) is 2.10. The first-order valence-corrected chi connectivity index (χ1v) is 6.50. The Morgan fingerprint density at radius 1 is 1.32 bits per heavy atom. The van der Waals surface area contributed by atoms with Gasteiger partial charge in [-0.15, -0.1) is 0 Å². The topological polar surface area (TPSA) is 74.2 Å². The second-order valence-electron chi connectivity index (χ2n) is 5.15. The zero-order valence-corrected chi connectivity index (χ0v) is 11.1. The molecule has 5 nitrogen and oxygen atoms in total. The molecule has 0 aliphatic carbocycles. The molecule has 1 aromatic heterocycles. The van der Waals surface area contributed by atoms with Crippen molar-refractivity contribution < 1.29 is 9.26 Å². The van der Waals surface area contributed by atoms with E-state index in [1.165, 1.54) is 5.56 Å². The fourth-order valence-corrected chi connectivity index (χ4v) is 2.10. The summed E-state index contributed by atoms with van der Waals surface area (Å²) in [7, 11) is 0. The van der Waals surface area contributed by atoms with E-state index in [0.717, 1.165) is 24.3 Å². The number of hydrogen-bond donors (Lipinski definition) is 1. The summed E-state index contributed by atoms with van der Waals surface area (Å²) in [4.78, 5) is 4.38. The molecule has 5 heteroatoms. The van der Waals surface area contributed by atoms with Gasteiger partial charge in [0.2, 0.25) is 11.7 Å². The maximum Gasteiger partial charge on any atom is 0.244 e. The minimum absolute atomic E-state index is 0.223. The molecule has 0 fully saturated rings. The van der Waals surface area contributed by atoms with Crippen molar-refractivity contribution in [1.29, 1.82) is 0 Å². The highest BCUT2D eigenvalue weighted by Gasteiger charge is 2.20. The standard InChI is InChI=1S/C14H17N3O2/c1-8(2)12(15)14-16-13(17-19-14)10-3-4-11-9(7-10)5-6-18-11/h3-4,7-8,12H,5-6,15H2,1-2H3. The summed E-state index contributed by atoms with van der Waals surface area (Å²) >= 11 is 0. The summed E-state index contributed by atoms with van der Waals surface area (Å²) in [6, 6.07) is 5.73. The van der Waals surface area contributed by atoms with Crippen molar-refractivity contribution in [3.8, 4) is 17.1 Å². The summed E-state index contributed by atoms with van der Waals surface area (Å²) in [5.41, 5.74) is 8.13. The highest BCUT2D eigenvalue weighted by atomic mass is 16.5. The van der Waals surface area contributed by atoms with Crippen molar-refractivity contribution in [3.05, 3.63) is 29.7 Å². The number of aromatic nitrogens is 2. The Morgan fingerprint density at radius 2 is 2.16 bits per heavy atom. The zero-order valence-electron chi connectivity index (χ0n) is 11.1. The second kappa shape index (κ2) is 4.66. The fraction of sp³-hybridized carbons (Fsp3) is 0.429. The summed E-state index contributed by atoms with van der Waals surface area (Å²) in [6.45, 7) is 4.80. The Kier molecular flexibility index (Phi) is 2.98. The van der Waals surface area contributed by atoms with Gasteiger partial charge in [0.05, 0.1) is 12.6 Å². The van der Waals surface area contributed by atoms with Crippen molar-refractivity contribution >= 4 is 0 Å². The number of benzene rings is 1. The average Bonchev–Trinajstić information content (AvgIpc) is 3.05. The lowest BCUT2D eigenvalue weighted by Gasteiger charge is -2.09. The number of fused-ring (bicyclic) bond motifs is 1. The first-order chi connectivity index (χ1) is 9.15. The average molecular weight is 259 g/mol. The molecule has 2 heterocycles. The summed E-state index contributed by atoms with van der Waals surface area (Å²) in [5.74, 6) is 2.29. The molecule has 2 aromatic rings. The van der Waals surface area contributed by atoms with Gasteiger partial charge in [-0.25, -0.2) is 0 Å². The van der Waals surface area contributed by atoms with E-state index >= 15 is 0 Å². The molecule has 1 atom stereocenters. The van der Waals surface area contributed by atoms with Gasteiger partial charge in [-0.3, -0.25) is 0 Å². The highest BCUT2D eigenvalue weighted by molar-refractivity contribution is 5.59. The lowest BCUT2D eigenvalue weighted by molar-refractivity contribution is 0.325. The van der Waals surface area contributed by atoms with E-state index in [0.29, 0.717) is 11.7 Å². The molecule has 0 spiro atoms. The third-order valence-corrected chi connectivity index (χ3v) is 3.39. The molecule has 1 aliphatic rings. The lowest BCUT2D eigenvalue weighted by atomic mass is 10.1. The van der Waals surface area contributed by atoms with Crippen LogP contribution in [0.15, 0.2) is 22.7 Å². The summed E-state index contributed by atoms with van der Waals surface area (Å²) in [5, 5.41) is 4.01. The van der Waals surface area contributed by atoms with Crippen molar-refractivity contribution in [2.45, 2.75) is 26.3 Å². The van der Waals surface area contributed by atoms with Gasteiger partial charge >= 0.3 is 0 Å². The first-order valence-electron chi connectivity index (χ1n) is 6.50. The zero-order chi connectivity index (χ0) is 13.4. The monoisotopic (exact) mass is 259 g/mol. The summed E-state index contributed by atoms with van der Waals surface area (Å²) < 4.78 is 10.7. The van der Waals surface area contributed by atoms with Crippen LogP contribution in [-0.4, -0.2) is 16.7 Å². The molecule has 1 aromatic carbocycles. The predicted octanol–water partition coefficient (Wildman–Crippen LogP) is 2.33. The van der Waals surface area contributed by atoms with Crippen LogP contribution in [0.2, 0.25) is 0 Å². The van der Waals surface area contributed by atoms with E-state index in [1.807, 2.05) is 26.0 Å². The highest BCUT2D eigenvalue weighted by Crippen LogP contribution is 2.30. The van der Waals surface area contributed by atoms with Crippen molar-refractivity contribution in [2.75, 3.05) is 6.61 Å². The minimum atomic E-state index is -0.223. The Bertz CT molecular complexity index is 592. The van der Waals surface area contributed by atoms with Crippen LogP contribution in [0.5, 0.6) is 5.75 Å². The van der Waals surface area contributed by atoms with Gasteiger partial charge in [0.1, 0.15) is 5.75 Å². The van der Waals surface area contributed by atoms with Crippen LogP contribution in [0.25, 0.3) is 11.4 Å². The molecule has 100 valence electrons. The second-order valence-corrected chi connectivity index (χ2v) is 5.15. The van der Waals surface area contributed by atoms with Gasteiger partial charge in [-0.1, -0.05) is 19.0 Å². The number of hydrogen-bond acceptors (Lipinski definition) is 5. The Labute approximate surface area is 111 Å². The van der Waals surface area contributed by atoms with E-state index in [9.17, 15) is 0 Å². The third-order valence-electron chi connectivity index (χ3n) is 3.39. The normalized spacial score (nSPS) is 15.4. The SMILES string of the molecule is CC(C)C(N)c1nc(-c2ccc3c(c2)CCO3)no1. The van der Waals surface area contributed by atoms with Gasteiger partial charge in [0.25, 0.3) is 0 Å². The van der Waals surface area contributed by atoms with Crippen LogP contribution in [0.1, 0.15) is 31.3 Å². The molecule has 19 heavy (non-hydrogen) atoms. The maximum atomic E-state index is 6.00. The Hall–Kier alpha value is -1.88. The molecule has 0 radical (unpaired) electrons. The minimum Gasteiger partial charge on any atom is -0.493 e. The van der Waals surface area contributed by atoms with E-state index in [2.05, 4.69) is 16.2 Å². The largest absolute Gasteiger partial charge is 0.493 e. The number of rotatable bonds is 3. The van der Waals surface area contributed by atoms with Gasteiger partial charge < -0.3 is 15.0 Å². The maximum absolute atomic E-state index is 6.00. The van der Waals surface area contributed by atoms with Gasteiger partial charge in [-0.2, -0.15) is 4.98 Å². The van der Waals surface area contributed by atoms with E-state index in [4.69, 9.17) is 15.0 Å². The van der Waals surface area contributed by atoms with E-state index in [-0.39, 0.29) is 12.0 Å². The molecule has 1 aliphatic heterocycles. The van der Waals surface area contributed by atoms with Crippen LogP contribution in [-0.2, 0) is 6.42 Å². The molecule has 0 saturated carbocycles. The number of nitrogens with two attached hydrogens (primary N) is 1. The summed E-state index contributed by atoms with van der Waals surface area (Å²) in [6.07, 6.45) is 0.930. The Morgan fingerprint density at radius 3 is 2.95 bits per heavy atom. The molecular formula is C14H17N3O2. The van der Waals surface area contributed by atoms with Crippen molar-refractivity contribution in [1.82, 2.24) is 10.1 Å². The van der Waals surface area contributed by atoms with Crippen molar-refractivity contribution in [2.24, 2.45) is 11.7 Å². The number of ether oxygens (including phenoxy) is 1. The van der Waals surface area contributed by atoms with Crippen LogP contribution < -0.4 is 10.5 Å². The Balaban J connectivity index is 1.90. The molecule has 0 saturated heterocycles. The number of nitrogens with zero attached hydrogens (tertiary/aromatic N) is 2. The molecule has 1 unspecified atom stereocenters. The van der Waals surface area contributed by atoms with Gasteiger partial charge in [0, 0.05) is 12.0 Å². The quantitative estimate of drug-likeness (QED) is 0.915. The van der Waals surface area contributed by atoms with Gasteiger partial charge in [0.15, 0.2) is 0 Å². The van der Waals surface area contributed by atoms with Crippen LogP contribution in [0.3, 0.4) is 0 Å². The van der Waals surface area contributed by atoms with Crippen molar-refractivity contribution in [3.63, 3.8) is 0 Å². The van der Waals surface area contributed by atoms with Crippen LogP contribution in [0, 0.1) is 5.92 Å². The molecule has 2 N–H and O–H groups in total. The molecule has 3 rings (SSSR count). The molecule has 0 amide bonds. The smallest absolute Gasteiger partial charge is 0.244 e. The third kappa shape index (κ3) is 2.21. The van der Waals surface area contributed by atoms with Crippen LogP contribution >= 0.6 is 0 Å². The lowest BCUT2D eigenvalue weighted by Crippen LogP contribution is -2.16. The molecule has 0 bridgehead atoms. The van der Waals surface area contributed by atoms with E-state index in [1.54, 1.807) is 0 Å². The first kappa shape index (κ1) is 12.2.